The number of amides is 1. The molecule has 0 aromatic carbocycles. The van der Waals surface area contributed by atoms with E-state index in [1.165, 1.54) is 0 Å². The van der Waals surface area contributed by atoms with Gasteiger partial charge in [-0.05, 0) is 25.8 Å². The zero-order valence-electron chi connectivity index (χ0n) is 14.1. The predicted octanol–water partition coefficient (Wildman–Crippen LogP) is 3.79. The molecule has 0 saturated heterocycles. The number of nitrogens with zero attached hydrogens (tertiary/aromatic N) is 1. The van der Waals surface area contributed by atoms with E-state index in [1.54, 1.807) is 25.4 Å². The summed E-state index contributed by atoms with van der Waals surface area (Å²) in [7, 11) is 1.56. The van der Waals surface area contributed by atoms with Gasteiger partial charge < -0.3 is 14.8 Å². The zero-order chi connectivity index (χ0) is 16.4. The first-order valence-electron chi connectivity index (χ1n) is 8.01. The SMILES string of the molecule is CCCCCC(C)(OCCC)C(=O)Nc1ccc(OC)nc1. The van der Waals surface area contributed by atoms with Crippen LogP contribution in [0.15, 0.2) is 18.3 Å². The van der Waals surface area contributed by atoms with Crippen molar-refractivity contribution in [3.05, 3.63) is 18.3 Å². The number of hydrogen-bond acceptors (Lipinski definition) is 4. The molecule has 1 aromatic heterocycles. The van der Waals surface area contributed by atoms with Crippen LogP contribution >= 0.6 is 0 Å². The maximum Gasteiger partial charge on any atom is 0.256 e. The van der Waals surface area contributed by atoms with Crippen LogP contribution in [0.25, 0.3) is 0 Å². The third-order valence-corrected chi connectivity index (χ3v) is 3.57. The van der Waals surface area contributed by atoms with E-state index in [-0.39, 0.29) is 5.91 Å². The van der Waals surface area contributed by atoms with E-state index in [0.29, 0.717) is 18.2 Å². The highest BCUT2D eigenvalue weighted by molar-refractivity contribution is 5.96. The molecule has 0 fully saturated rings. The number of ether oxygens (including phenoxy) is 2. The first kappa shape index (κ1) is 18.4. The minimum absolute atomic E-state index is 0.121. The Morgan fingerprint density at radius 3 is 2.59 bits per heavy atom. The van der Waals surface area contributed by atoms with Gasteiger partial charge in [-0.2, -0.15) is 0 Å². The van der Waals surface area contributed by atoms with Gasteiger partial charge in [0.05, 0.1) is 19.0 Å². The third-order valence-electron chi connectivity index (χ3n) is 3.57. The fourth-order valence-electron chi connectivity index (χ4n) is 2.13. The molecule has 124 valence electrons. The van der Waals surface area contributed by atoms with Crippen molar-refractivity contribution >= 4 is 11.6 Å². The van der Waals surface area contributed by atoms with Crippen molar-refractivity contribution in [1.29, 1.82) is 0 Å². The fraction of sp³-hybridized carbons (Fsp3) is 0.647. The van der Waals surface area contributed by atoms with Crippen molar-refractivity contribution in [3.63, 3.8) is 0 Å². The Bertz CT molecular complexity index is 448. The number of unbranched alkanes of at least 4 members (excludes halogenated alkanes) is 2. The minimum atomic E-state index is -0.800. The second kappa shape index (κ2) is 9.41. The highest BCUT2D eigenvalue weighted by atomic mass is 16.5. The smallest absolute Gasteiger partial charge is 0.256 e. The summed E-state index contributed by atoms with van der Waals surface area (Å²) in [6, 6.07) is 3.49. The van der Waals surface area contributed by atoms with Crippen LogP contribution in [-0.4, -0.2) is 30.2 Å². The van der Waals surface area contributed by atoms with E-state index in [1.807, 2.05) is 13.8 Å². The lowest BCUT2D eigenvalue weighted by Crippen LogP contribution is -2.43. The molecule has 5 heteroatoms. The second-order valence-corrected chi connectivity index (χ2v) is 5.58. The zero-order valence-corrected chi connectivity index (χ0v) is 14.1. The van der Waals surface area contributed by atoms with Gasteiger partial charge in [0.15, 0.2) is 0 Å². The lowest BCUT2D eigenvalue weighted by atomic mass is 9.96. The number of methoxy groups -OCH3 is 1. The van der Waals surface area contributed by atoms with Crippen molar-refractivity contribution < 1.29 is 14.3 Å². The van der Waals surface area contributed by atoms with Crippen LogP contribution in [0, 0.1) is 0 Å². The summed E-state index contributed by atoms with van der Waals surface area (Å²) in [4.78, 5) is 16.7. The molecule has 0 aliphatic carbocycles. The summed E-state index contributed by atoms with van der Waals surface area (Å²) in [5.74, 6) is 0.398. The number of carbonyl (C=O) groups is 1. The fourth-order valence-corrected chi connectivity index (χ4v) is 2.13. The van der Waals surface area contributed by atoms with Crippen LogP contribution in [0.3, 0.4) is 0 Å². The first-order valence-corrected chi connectivity index (χ1v) is 8.01. The highest BCUT2D eigenvalue weighted by Crippen LogP contribution is 2.23. The molecule has 5 nitrogen and oxygen atoms in total. The molecule has 0 radical (unpaired) electrons. The van der Waals surface area contributed by atoms with E-state index >= 15 is 0 Å². The topological polar surface area (TPSA) is 60.5 Å². The average Bonchev–Trinajstić information content (AvgIpc) is 2.54. The van der Waals surface area contributed by atoms with Crippen LogP contribution in [0.2, 0.25) is 0 Å². The average molecular weight is 308 g/mol. The molecule has 0 aliphatic rings. The minimum Gasteiger partial charge on any atom is -0.481 e. The quantitative estimate of drug-likeness (QED) is 0.668. The maximum atomic E-state index is 12.6. The first-order chi connectivity index (χ1) is 10.6. The lowest BCUT2D eigenvalue weighted by Gasteiger charge is -2.28. The van der Waals surface area contributed by atoms with Gasteiger partial charge in [0, 0.05) is 12.7 Å². The summed E-state index contributed by atoms with van der Waals surface area (Å²) in [6.07, 6.45) is 6.39. The molecule has 1 aromatic rings. The van der Waals surface area contributed by atoms with Gasteiger partial charge in [0.2, 0.25) is 5.88 Å². The van der Waals surface area contributed by atoms with E-state index < -0.39 is 5.60 Å². The highest BCUT2D eigenvalue weighted by Gasteiger charge is 2.33. The number of anilines is 1. The van der Waals surface area contributed by atoms with Crippen molar-refractivity contribution in [2.45, 2.75) is 58.5 Å². The predicted molar refractivity (Wildman–Crippen MR) is 88.2 cm³/mol. The summed E-state index contributed by atoms with van der Waals surface area (Å²) in [5.41, 5.74) is -0.155. The number of hydrogen-bond donors (Lipinski definition) is 1. The Balaban J connectivity index is 2.71. The normalized spacial score (nSPS) is 13.5. The van der Waals surface area contributed by atoms with Gasteiger partial charge in [-0.3, -0.25) is 4.79 Å². The Hall–Kier alpha value is -1.62. The third kappa shape index (κ3) is 5.64. The van der Waals surface area contributed by atoms with Crippen molar-refractivity contribution in [2.75, 3.05) is 19.0 Å². The maximum absolute atomic E-state index is 12.6. The monoisotopic (exact) mass is 308 g/mol. The Kier molecular flexibility index (Phi) is 7.88. The van der Waals surface area contributed by atoms with Crippen LogP contribution in [0.1, 0.15) is 52.9 Å². The van der Waals surface area contributed by atoms with Crippen molar-refractivity contribution in [1.82, 2.24) is 4.98 Å². The standard InChI is InChI=1S/C17H28N2O3/c1-5-7-8-11-17(3,22-12-6-2)16(20)19-14-9-10-15(21-4)18-13-14/h9-10,13H,5-8,11-12H2,1-4H3,(H,19,20). The Morgan fingerprint density at radius 2 is 2.05 bits per heavy atom. The summed E-state index contributed by atoms with van der Waals surface area (Å²) >= 11 is 0. The lowest BCUT2D eigenvalue weighted by molar-refractivity contribution is -0.140. The molecule has 1 unspecified atom stereocenters. The van der Waals surface area contributed by atoms with E-state index in [0.717, 1.165) is 32.1 Å². The molecule has 1 atom stereocenters. The van der Waals surface area contributed by atoms with Crippen LogP contribution < -0.4 is 10.1 Å². The second-order valence-electron chi connectivity index (χ2n) is 5.58. The van der Waals surface area contributed by atoms with Crippen LogP contribution in [0.4, 0.5) is 5.69 Å². The summed E-state index contributed by atoms with van der Waals surface area (Å²) < 4.78 is 10.9. The number of aromatic nitrogens is 1. The molecular weight excluding hydrogens is 280 g/mol. The molecule has 0 spiro atoms. The van der Waals surface area contributed by atoms with Gasteiger partial charge in [-0.15, -0.1) is 0 Å². The molecule has 22 heavy (non-hydrogen) atoms. The number of nitrogens with one attached hydrogen (secondary N) is 1. The van der Waals surface area contributed by atoms with E-state index in [2.05, 4.69) is 17.2 Å². The molecular formula is C17H28N2O3. The van der Waals surface area contributed by atoms with Crippen LogP contribution in [-0.2, 0) is 9.53 Å². The number of rotatable bonds is 10. The molecule has 1 heterocycles. The number of pyridine rings is 1. The van der Waals surface area contributed by atoms with Gasteiger partial charge in [-0.25, -0.2) is 4.98 Å². The molecule has 0 bridgehead atoms. The molecule has 1 rings (SSSR count). The Morgan fingerprint density at radius 1 is 1.27 bits per heavy atom. The molecule has 0 saturated carbocycles. The molecule has 1 N–H and O–H groups in total. The Labute approximate surface area is 133 Å². The van der Waals surface area contributed by atoms with Gasteiger partial charge >= 0.3 is 0 Å². The summed E-state index contributed by atoms with van der Waals surface area (Å²) in [5, 5.41) is 2.89. The van der Waals surface area contributed by atoms with Gasteiger partial charge in [0.1, 0.15) is 5.60 Å². The van der Waals surface area contributed by atoms with E-state index in [4.69, 9.17) is 9.47 Å². The molecule has 0 aliphatic heterocycles. The summed E-state index contributed by atoms with van der Waals surface area (Å²) in [6.45, 7) is 6.63. The van der Waals surface area contributed by atoms with Crippen molar-refractivity contribution in [3.8, 4) is 5.88 Å². The van der Waals surface area contributed by atoms with Crippen molar-refractivity contribution in [2.24, 2.45) is 0 Å². The van der Waals surface area contributed by atoms with E-state index in [9.17, 15) is 4.79 Å². The number of carbonyl (C=O) groups excluding carboxylic acids is 1. The largest absolute Gasteiger partial charge is 0.481 e. The van der Waals surface area contributed by atoms with Crippen LogP contribution in [0.5, 0.6) is 5.88 Å². The van der Waals surface area contributed by atoms with Gasteiger partial charge in [-0.1, -0.05) is 33.1 Å². The van der Waals surface area contributed by atoms with Gasteiger partial charge in [0.25, 0.3) is 5.91 Å². The molecule has 1 amide bonds.